The molecule has 4 rings (SSSR count). The second kappa shape index (κ2) is 9.73. The van der Waals surface area contributed by atoms with Crippen molar-refractivity contribution in [1.29, 1.82) is 0 Å². The number of halogens is 1. The van der Waals surface area contributed by atoms with E-state index in [0.717, 1.165) is 0 Å². The molecule has 1 fully saturated rings. The van der Waals surface area contributed by atoms with Crippen molar-refractivity contribution in [2.75, 3.05) is 24.4 Å². The van der Waals surface area contributed by atoms with Crippen molar-refractivity contribution in [2.24, 2.45) is 5.92 Å². The minimum Gasteiger partial charge on any atom is -0.497 e. The van der Waals surface area contributed by atoms with Crippen molar-refractivity contribution in [2.45, 2.75) is 18.9 Å². The van der Waals surface area contributed by atoms with Crippen molar-refractivity contribution >= 4 is 23.2 Å². The van der Waals surface area contributed by atoms with Gasteiger partial charge in [-0.05, 0) is 60.5 Å². The van der Waals surface area contributed by atoms with E-state index in [1.54, 1.807) is 79.8 Å². The largest absolute Gasteiger partial charge is 0.497 e. The number of carbonyl (C=O) groups is 2. The first kappa shape index (κ1) is 22.3. The van der Waals surface area contributed by atoms with Crippen LogP contribution in [0.25, 0.3) is 0 Å². The highest BCUT2D eigenvalue weighted by Crippen LogP contribution is 2.41. The van der Waals surface area contributed by atoms with E-state index in [9.17, 15) is 14.0 Å². The summed E-state index contributed by atoms with van der Waals surface area (Å²) in [7, 11) is 3.13. The summed E-state index contributed by atoms with van der Waals surface area (Å²) < 4.78 is 24.1. The highest BCUT2D eigenvalue weighted by Gasteiger charge is 2.41. The molecule has 0 bridgehead atoms. The van der Waals surface area contributed by atoms with Crippen LogP contribution in [0.5, 0.6) is 11.5 Å². The lowest BCUT2D eigenvalue weighted by Gasteiger charge is -2.41. The molecular weight excluding hydrogens is 423 g/mol. The summed E-state index contributed by atoms with van der Waals surface area (Å²) in [5.74, 6) is 0.0506. The van der Waals surface area contributed by atoms with Crippen LogP contribution in [-0.2, 0) is 9.59 Å². The van der Waals surface area contributed by atoms with Gasteiger partial charge in [0, 0.05) is 23.9 Å². The van der Waals surface area contributed by atoms with Crippen LogP contribution in [0.2, 0.25) is 0 Å². The van der Waals surface area contributed by atoms with Gasteiger partial charge in [0.25, 0.3) is 0 Å². The number of rotatable bonds is 6. The van der Waals surface area contributed by atoms with E-state index in [0.29, 0.717) is 34.9 Å². The van der Waals surface area contributed by atoms with Gasteiger partial charge in [0.05, 0.1) is 26.2 Å². The maximum Gasteiger partial charge on any atom is 0.229 e. The zero-order valence-corrected chi connectivity index (χ0v) is 18.5. The number of hydrogen-bond donors (Lipinski definition) is 1. The summed E-state index contributed by atoms with van der Waals surface area (Å²) in [4.78, 5) is 28.1. The number of nitrogens with one attached hydrogen (secondary N) is 1. The Morgan fingerprint density at radius 1 is 0.970 bits per heavy atom. The smallest absolute Gasteiger partial charge is 0.229 e. The number of nitrogens with zero attached hydrogens (tertiary/aromatic N) is 1. The minimum atomic E-state index is -0.592. The molecule has 1 aliphatic rings. The molecule has 3 aromatic carbocycles. The first-order chi connectivity index (χ1) is 16.0. The Morgan fingerprint density at radius 2 is 1.67 bits per heavy atom. The first-order valence-corrected chi connectivity index (χ1v) is 10.7. The summed E-state index contributed by atoms with van der Waals surface area (Å²) in [6.07, 6.45) is 0.600. The van der Waals surface area contributed by atoms with Crippen LogP contribution in [0.15, 0.2) is 72.8 Å². The van der Waals surface area contributed by atoms with Gasteiger partial charge < -0.3 is 19.7 Å². The van der Waals surface area contributed by atoms with E-state index in [4.69, 9.17) is 9.47 Å². The van der Waals surface area contributed by atoms with E-state index < -0.39 is 12.0 Å². The molecule has 2 amide bonds. The molecule has 0 aliphatic carbocycles. The van der Waals surface area contributed by atoms with Crippen LogP contribution in [0.1, 0.15) is 24.4 Å². The molecule has 170 valence electrons. The van der Waals surface area contributed by atoms with E-state index in [1.807, 2.05) is 0 Å². The van der Waals surface area contributed by atoms with Crippen LogP contribution in [0.4, 0.5) is 15.8 Å². The van der Waals surface area contributed by atoms with Gasteiger partial charge in [0.1, 0.15) is 17.3 Å². The fraction of sp³-hybridized carbons (Fsp3) is 0.231. The maximum absolute atomic E-state index is 13.7. The topological polar surface area (TPSA) is 67.9 Å². The number of ether oxygens (including phenoxy) is 2. The number of methoxy groups -OCH3 is 2. The van der Waals surface area contributed by atoms with Crippen molar-refractivity contribution in [3.05, 3.63) is 84.2 Å². The molecule has 0 aromatic heterocycles. The Labute approximate surface area is 191 Å². The highest BCUT2D eigenvalue weighted by atomic mass is 19.1. The Hall–Kier alpha value is -3.87. The summed E-state index contributed by atoms with van der Waals surface area (Å²) in [5, 5.41) is 2.95. The Kier molecular flexibility index (Phi) is 6.58. The Bertz CT molecular complexity index is 1130. The predicted octanol–water partition coefficient (Wildman–Crippen LogP) is 4.97. The zero-order chi connectivity index (χ0) is 23.4. The average Bonchev–Trinajstić information content (AvgIpc) is 2.84. The molecular formula is C26H25FN2O4. The molecule has 0 radical (unpaired) electrons. The van der Waals surface area contributed by atoms with Crippen LogP contribution in [-0.4, -0.2) is 26.0 Å². The van der Waals surface area contributed by atoms with Gasteiger partial charge in [-0.3, -0.25) is 9.59 Å². The molecule has 3 aromatic rings. The Balaban J connectivity index is 1.71. The number of anilines is 2. The fourth-order valence-electron chi connectivity index (χ4n) is 4.19. The lowest BCUT2D eigenvalue weighted by atomic mass is 9.83. The highest BCUT2D eigenvalue weighted by molar-refractivity contribution is 6.00. The van der Waals surface area contributed by atoms with Crippen LogP contribution in [0, 0.1) is 11.7 Å². The molecule has 0 unspecified atom stereocenters. The molecule has 0 saturated carbocycles. The average molecular weight is 448 g/mol. The van der Waals surface area contributed by atoms with Gasteiger partial charge >= 0.3 is 0 Å². The van der Waals surface area contributed by atoms with Crippen molar-refractivity contribution in [3.8, 4) is 11.5 Å². The number of benzene rings is 3. The molecule has 1 heterocycles. The molecule has 6 nitrogen and oxygen atoms in total. The first-order valence-electron chi connectivity index (χ1n) is 10.7. The van der Waals surface area contributed by atoms with E-state index in [1.165, 1.54) is 12.1 Å². The Morgan fingerprint density at radius 3 is 2.33 bits per heavy atom. The van der Waals surface area contributed by atoms with Crippen molar-refractivity contribution < 1.29 is 23.5 Å². The predicted molar refractivity (Wildman–Crippen MR) is 124 cm³/mol. The molecule has 33 heavy (non-hydrogen) atoms. The third-order valence-corrected chi connectivity index (χ3v) is 5.83. The van der Waals surface area contributed by atoms with Crippen molar-refractivity contribution in [3.63, 3.8) is 0 Å². The fourth-order valence-corrected chi connectivity index (χ4v) is 4.19. The third-order valence-electron chi connectivity index (χ3n) is 5.83. The zero-order valence-electron chi connectivity index (χ0n) is 18.5. The SMILES string of the molecule is COc1ccc(N2C(=O)CC[C@H](C(=O)Nc3cccc(OC)c3)[C@H]2c2ccc(F)cc2)cc1. The third kappa shape index (κ3) is 4.82. The van der Waals surface area contributed by atoms with Gasteiger partial charge in [-0.2, -0.15) is 0 Å². The van der Waals surface area contributed by atoms with Crippen molar-refractivity contribution in [1.82, 2.24) is 0 Å². The quantitative estimate of drug-likeness (QED) is 0.578. The monoisotopic (exact) mass is 448 g/mol. The number of piperidine rings is 1. The van der Waals surface area contributed by atoms with E-state index in [-0.39, 0.29) is 24.1 Å². The van der Waals surface area contributed by atoms with E-state index >= 15 is 0 Å². The summed E-state index contributed by atoms with van der Waals surface area (Å²) in [6, 6.07) is 19.6. The molecule has 1 saturated heterocycles. The molecule has 1 N–H and O–H groups in total. The van der Waals surface area contributed by atoms with E-state index in [2.05, 4.69) is 5.32 Å². The normalized spacial score (nSPS) is 18.0. The van der Waals surface area contributed by atoms with Gasteiger partial charge in [-0.25, -0.2) is 4.39 Å². The summed E-state index contributed by atoms with van der Waals surface area (Å²) in [5.41, 5.74) is 1.94. The molecule has 1 aliphatic heterocycles. The molecule has 2 atom stereocenters. The van der Waals surface area contributed by atoms with Gasteiger partial charge in [0.15, 0.2) is 0 Å². The van der Waals surface area contributed by atoms with Crippen LogP contribution in [0.3, 0.4) is 0 Å². The van der Waals surface area contributed by atoms with Gasteiger partial charge in [-0.1, -0.05) is 18.2 Å². The van der Waals surface area contributed by atoms with Crippen LogP contribution < -0.4 is 19.7 Å². The maximum atomic E-state index is 13.7. The lowest BCUT2D eigenvalue weighted by Crippen LogP contribution is -2.47. The second-order valence-electron chi connectivity index (χ2n) is 7.82. The molecule has 0 spiro atoms. The number of carbonyl (C=O) groups excluding carboxylic acids is 2. The number of amides is 2. The summed E-state index contributed by atoms with van der Waals surface area (Å²) in [6.45, 7) is 0. The summed E-state index contributed by atoms with van der Waals surface area (Å²) >= 11 is 0. The minimum absolute atomic E-state index is 0.0973. The van der Waals surface area contributed by atoms with Gasteiger partial charge in [0.2, 0.25) is 11.8 Å². The van der Waals surface area contributed by atoms with Crippen LogP contribution >= 0.6 is 0 Å². The molecule has 7 heteroatoms. The van der Waals surface area contributed by atoms with Gasteiger partial charge in [-0.15, -0.1) is 0 Å². The second-order valence-corrected chi connectivity index (χ2v) is 7.82. The lowest BCUT2D eigenvalue weighted by molar-refractivity contribution is -0.125. The number of hydrogen-bond acceptors (Lipinski definition) is 4. The standard InChI is InChI=1S/C26H25FN2O4/c1-32-21-12-10-20(11-13-21)29-24(30)15-14-23(25(29)17-6-8-18(27)9-7-17)26(31)28-19-4-3-5-22(16-19)33-2/h3-13,16,23,25H,14-15H2,1-2H3,(H,28,31)/t23-,25+/m0/s1.